The smallest absolute Gasteiger partial charge is 0.328 e. The molecular weight excluding hydrogens is 177 g/mol. The first-order valence-electron chi connectivity index (χ1n) is 3.77. The summed E-state index contributed by atoms with van der Waals surface area (Å²) in [6.45, 7) is -0.0487. The maximum absolute atomic E-state index is 10.6. The minimum Gasteiger partial charge on any atom is -0.480 e. The summed E-state index contributed by atoms with van der Waals surface area (Å²) in [4.78, 5) is 14.4. The Balaban J connectivity index is 2.74. The van der Waals surface area contributed by atoms with E-state index in [1.807, 2.05) is 0 Å². The molecule has 0 fully saturated rings. The van der Waals surface area contributed by atoms with Gasteiger partial charge in [0.2, 0.25) is 0 Å². The Morgan fingerprint density at radius 1 is 1.77 bits per heavy atom. The van der Waals surface area contributed by atoms with Crippen molar-refractivity contribution in [3.8, 4) is 0 Å². The summed E-state index contributed by atoms with van der Waals surface area (Å²) in [6.07, 6.45) is -0.991. The Bertz CT molecular complexity index is 242. The van der Waals surface area contributed by atoms with E-state index in [1.165, 1.54) is 0 Å². The lowest BCUT2D eigenvalue weighted by atomic mass is 10.0. The average molecular weight is 189 g/mol. The van der Waals surface area contributed by atoms with Crippen molar-refractivity contribution in [2.75, 3.05) is 6.54 Å². The van der Waals surface area contributed by atoms with Gasteiger partial charge in [0.1, 0.15) is 6.04 Å². The molecule has 0 saturated carbocycles. The number of nitrogens with zero attached hydrogens (tertiary/aromatic N) is 1. The van der Waals surface area contributed by atoms with Crippen LogP contribution in [0.3, 0.4) is 0 Å². The van der Waals surface area contributed by atoms with Gasteiger partial charge in [-0.15, -0.1) is 0 Å². The van der Waals surface area contributed by atoms with Crippen LogP contribution in [0.5, 0.6) is 0 Å². The van der Waals surface area contributed by atoms with Gasteiger partial charge in [0.05, 0.1) is 6.10 Å². The van der Waals surface area contributed by atoms with Crippen molar-refractivity contribution in [1.29, 1.82) is 0 Å². The van der Waals surface area contributed by atoms with Crippen molar-refractivity contribution in [3.63, 3.8) is 0 Å². The SMILES string of the molecule is NC[C@@H](O)[C@H]1N=[13C](N)N[C@@H]1C(=O)O. The summed E-state index contributed by atoms with van der Waals surface area (Å²) in [7, 11) is 0. The highest BCUT2D eigenvalue weighted by molar-refractivity contribution is 5.88. The number of hydrogen-bond acceptors (Lipinski definition) is 6. The molecule has 3 atom stereocenters. The number of aliphatic carboxylic acids is 1. The van der Waals surface area contributed by atoms with E-state index in [-0.39, 0.29) is 12.5 Å². The lowest BCUT2D eigenvalue weighted by Gasteiger charge is -2.17. The van der Waals surface area contributed by atoms with E-state index in [1.54, 1.807) is 0 Å². The number of aliphatic imine (C=N–C) groups is 1. The second-order valence-corrected chi connectivity index (χ2v) is 2.77. The van der Waals surface area contributed by atoms with Crippen LogP contribution in [0.1, 0.15) is 0 Å². The molecule has 74 valence electrons. The Morgan fingerprint density at radius 2 is 2.38 bits per heavy atom. The minimum absolute atomic E-state index is 0.0184. The number of rotatable bonds is 3. The molecule has 0 aromatic carbocycles. The highest BCUT2D eigenvalue weighted by Crippen LogP contribution is 2.10. The minimum atomic E-state index is -1.11. The van der Waals surface area contributed by atoms with Crippen LogP contribution in [0.15, 0.2) is 4.99 Å². The first-order valence-corrected chi connectivity index (χ1v) is 3.77. The standard InChI is InChI=1S/C6H12N4O3/c7-1-2(11)3-4(5(12)13)10-6(8)9-3/h2-4,11H,1,7H2,(H,12,13)(H3,8,9,10)/t2-,3-,4+/m1/s1/i6+1. The van der Waals surface area contributed by atoms with Crippen molar-refractivity contribution in [3.05, 3.63) is 0 Å². The largest absolute Gasteiger partial charge is 0.480 e. The number of carboxylic acids is 1. The maximum atomic E-state index is 10.6. The quantitative estimate of drug-likeness (QED) is 0.301. The third kappa shape index (κ3) is 1.87. The Hall–Kier alpha value is -1.34. The van der Waals surface area contributed by atoms with Crippen molar-refractivity contribution in [1.82, 2.24) is 5.32 Å². The molecule has 0 aromatic heterocycles. The van der Waals surface area contributed by atoms with Crippen LogP contribution in [-0.2, 0) is 4.79 Å². The van der Waals surface area contributed by atoms with Crippen LogP contribution in [0.2, 0.25) is 0 Å². The van der Waals surface area contributed by atoms with Crippen molar-refractivity contribution in [2.24, 2.45) is 16.5 Å². The summed E-state index contributed by atoms with van der Waals surface area (Å²) in [5.74, 6) is -1.09. The van der Waals surface area contributed by atoms with E-state index in [0.717, 1.165) is 0 Å². The summed E-state index contributed by atoms with van der Waals surface area (Å²) >= 11 is 0. The van der Waals surface area contributed by atoms with Gasteiger partial charge in [-0.2, -0.15) is 0 Å². The van der Waals surface area contributed by atoms with Crippen molar-refractivity contribution in [2.45, 2.75) is 18.2 Å². The van der Waals surface area contributed by atoms with Gasteiger partial charge in [0.25, 0.3) is 0 Å². The molecule has 0 aliphatic carbocycles. The lowest BCUT2D eigenvalue weighted by Crippen LogP contribution is -2.49. The fraction of sp³-hybridized carbons (Fsp3) is 0.667. The van der Waals surface area contributed by atoms with Gasteiger partial charge in [-0.3, -0.25) is 0 Å². The summed E-state index contributed by atoms with van der Waals surface area (Å²) < 4.78 is 0. The monoisotopic (exact) mass is 189 g/mol. The fourth-order valence-corrected chi connectivity index (χ4v) is 1.17. The number of aliphatic hydroxyl groups excluding tert-OH is 1. The second-order valence-electron chi connectivity index (χ2n) is 2.77. The molecule has 0 aromatic rings. The third-order valence-corrected chi connectivity index (χ3v) is 1.83. The molecule has 7 N–H and O–H groups in total. The number of nitrogens with one attached hydrogen (secondary N) is 1. The molecule has 0 radical (unpaired) electrons. The van der Waals surface area contributed by atoms with Gasteiger partial charge in [0.15, 0.2) is 12.0 Å². The molecular formula is C6H12N4O3. The first-order chi connectivity index (χ1) is 6.06. The first kappa shape index (κ1) is 9.75. The topological polar surface area (TPSA) is 134 Å². The lowest BCUT2D eigenvalue weighted by molar-refractivity contribution is -0.140. The molecule has 7 nitrogen and oxygen atoms in total. The number of aliphatic hydroxyl groups is 1. The van der Waals surface area contributed by atoms with Crippen LogP contribution >= 0.6 is 0 Å². The number of guanidine groups is 1. The van der Waals surface area contributed by atoms with Crippen LogP contribution in [0.4, 0.5) is 0 Å². The van der Waals surface area contributed by atoms with Gasteiger partial charge in [-0.05, 0) is 0 Å². The van der Waals surface area contributed by atoms with Gasteiger partial charge < -0.3 is 27.0 Å². The van der Waals surface area contributed by atoms with E-state index >= 15 is 0 Å². The summed E-state index contributed by atoms with van der Waals surface area (Å²) in [5.41, 5.74) is 10.4. The number of carbonyl (C=O) groups is 1. The van der Waals surface area contributed by atoms with E-state index in [4.69, 9.17) is 16.6 Å². The molecule has 1 aliphatic heterocycles. The fourth-order valence-electron chi connectivity index (χ4n) is 1.17. The van der Waals surface area contributed by atoms with Crippen LogP contribution in [-0.4, -0.2) is 46.9 Å². The zero-order chi connectivity index (χ0) is 10.0. The normalized spacial score (nSPS) is 29.2. The molecule has 0 unspecified atom stereocenters. The predicted octanol–water partition coefficient (Wildman–Crippen LogP) is -2.95. The molecule has 0 saturated heterocycles. The maximum Gasteiger partial charge on any atom is 0.328 e. The van der Waals surface area contributed by atoms with Crippen molar-refractivity contribution < 1.29 is 15.0 Å². The van der Waals surface area contributed by atoms with Gasteiger partial charge in [-0.25, -0.2) is 9.79 Å². The number of hydrogen-bond donors (Lipinski definition) is 5. The van der Waals surface area contributed by atoms with Crippen LogP contribution < -0.4 is 16.8 Å². The predicted molar refractivity (Wildman–Crippen MR) is 45.0 cm³/mol. The van der Waals surface area contributed by atoms with E-state index < -0.39 is 24.2 Å². The van der Waals surface area contributed by atoms with E-state index in [9.17, 15) is 9.90 Å². The number of nitrogens with two attached hydrogens (primary N) is 2. The summed E-state index contributed by atoms with van der Waals surface area (Å²) in [5, 5.41) is 20.4. The zero-order valence-corrected chi connectivity index (χ0v) is 6.84. The van der Waals surface area contributed by atoms with Gasteiger partial charge >= 0.3 is 5.97 Å². The zero-order valence-electron chi connectivity index (χ0n) is 6.84. The molecule has 1 heterocycles. The molecule has 1 rings (SSSR count). The van der Waals surface area contributed by atoms with Crippen molar-refractivity contribution >= 4 is 11.9 Å². The molecule has 0 spiro atoms. The Kier molecular flexibility index (Phi) is 2.69. The highest BCUT2D eigenvalue weighted by Gasteiger charge is 2.37. The number of carboxylic acid groups (broad SMARTS) is 1. The third-order valence-electron chi connectivity index (χ3n) is 1.83. The second kappa shape index (κ2) is 3.58. The average Bonchev–Trinajstić information content (AvgIpc) is 2.46. The van der Waals surface area contributed by atoms with Crippen LogP contribution in [0.25, 0.3) is 0 Å². The van der Waals surface area contributed by atoms with Crippen LogP contribution in [0, 0.1) is 0 Å². The Labute approximate surface area is 74.4 Å². The molecule has 1 aliphatic rings. The van der Waals surface area contributed by atoms with E-state index in [0.29, 0.717) is 0 Å². The summed E-state index contributed by atoms with van der Waals surface area (Å²) in [6, 6.07) is -1.79. The molecule has 13 heavy (non-hydrogen) atoms. The molecule has 0 bridgehead atoms. The van der Waals surface area contributed by atoms with Gasteiger partial charge in [0, 0.05) is 6.54 Å². The van der Waals surface area contributed by atoms with Gasteiger partial charge in [-0.1, -0.05) is 0 Å². The molecule has 0 amide bonds. The Morgan fingerprint density at radius 3 is 2.85 bits per heavy atom. The highest BCUT2D eigenvalue weighted by atomic mass is 16.4. The van der Waals surface area contributed by atoms with E-state index in [2.05, 4.69) is 10.3 Å². The molecule has 7 heteroatoms.